The summed E-state index contributed by atoms with van der Waals surface area (Å²) in [6, 6.07) is 4.72. The predicted molar refractivity (Wildman–Crippen MR) is 70.9 cm³/mol. The van der Waals surface area contributed by atoms with E-state index in [1.807, 2.05) is 0 Å². The molecule has 0 radical (unpaired) electrons. The SMILES string of the molecule is Nc1cncc(C(=O)Nc2cc(Cl)cc(Cl)c2)n1. The highest BCUT2D eigenvalue weighted by atomic mass is 35.5. The highest BCUT2D eigenvalue weighted by Gasteiger charge is 2.09. The molecule has 1 aromatic heterocycles. The Labute approximate surface area is 113 Å². The summed E-state index contributed by atoms with van der Waals surface area (Å²) in [5, 5.41) is 3.46. The molecule has 0 bridgehead atoms. The van der Waals surface area contributed by atoms with E-state index in [2.05, 4.69) is 15.3 Å². The van der Waals surface area contributed by atoms with Crippen LogP contribution in [0.2, 0.25) is 10.0 Å². The number of nitrogens with one attached hydrogen (secondary N) is 1. The zero-order valence-corrected chi connectivity index (χ0v) is 10.5. The summed E-state index contributed by atoms with van der Waals surface area (Å²) in [7, 11) is 0. The smallest absolute Gasteiger partial charge is 0.275 e. The number of benzene rings is 1. The summed E-state index contributed by atoms with van der Waals surface area (Å²) in [5.41, 5.74) is 6.03. The van der Waals surface area contributed by atoms with Crippen LogP contribution < -0.4 is 11.1 Å². The molecule has 0 saturated heterocycles. The Hall–Kier alpha value is -1.85. The Balaban J connectivity index is 2.21. The molecule has 0 spiro atoms. The first-order valence-corrected chi connectivity index (χ1v) is 5.65. The van der Waals surface area contributed by atoms with Gasteiger partial charge >= 0.3 is 0 Å². The Kier molecular flexibility index (Phi) is 3.64. The molecule has 1 aromatic carbocycles. The number of halogens is 2. The lowest BCUT2D eigenvalue weighted by atomic mass is 10.3. The molecule has 1 amide bonds. The van der Waals surface area contributed by atoms with Crippen molar-refractivity contribution in [3.05, 3.63) is 46.3 Å². The van der Waals surface area contributed by atoms with Crippen molar-refractivity contribution in [3.8, 4) is 0 Å². The van der Waals surface area contributed by atoms with Gasteiger partial charge in [-0.1, -0.05) is 23.2 Å². The summed E-state index contributed by atoms with van der Waals surface area (Å²) in [6.45, 7) is 0. The van der Waals surface area contributed by atoms with Gasteiger partial charge in [-0.05, 0) is 18.2 Å². The third-order valence-corrected chi connectivity index (χ3v) is 2.44. The topological polar surface area (TPSA) is 80.9 Å². The first-order valence-electron chi connectivity index (χ1n) is 4.89. The van der Waals surface area contributed by atoms with Crippen molar-refractivity contribution in [1.29, 1.82) is 0 Å². The maximum absolute atomic E-state index is 11.8. The summed E-state index contributed by atoms with van der Waals surface area (Å²) in [5.74, 6) is -0.264. The van der Waals surface area contributed by atoms with Crippen LogP contribution in [0.3, 0.4) is 0 Å². The van der Waals surface area contributed by atoms with Gasteiger partial charge in [0.2, 0.25) is 0 Å². The molecular weight excluding hydrogens is 275 g/mol. The molecule has 92 valence electrons. The van der Waals surface area contributed by atoms with Gasteiger partial charge in [-0.3, -0.25) is 9.78 Å². The van der Waals surface area contributed by atoms with Gasteiger partial charge in [-0.25, -0.2) is 4.98 Å². The zero-order valence-electron chi connectivity index (χ0n) is 9.02. The molecular formula is C11H8Cl2N4O. The van der Waals surface area contributed by atoms with Crippen molar-refractivity contribution >= 4 is 40.6 Å². The van der Waals surface area contributed by atoms with Gasteiger partial charge in [0.15, 0.2) is 0 Å². The molecule has 5 nitrogen and oxygen atoms in total. The van der Waals surface area contributed by atoms with Gasteiger partial charge in [0, 0.05) is 15.7 Å². The summed E-state index contributed by atoms with van der Waals surface area (Å²) < 4.78 is 0. The second-order valence-electron chi connectivity index (χ2n) is 3.44. The maximum atomic E-state index is 11.8. The van der Waals surface area contributed by atoms with Crippen LogP contribution in [0.5, 0.6) is 0 Å². The number of carbonyl (C=O) groups excluding carboxylic acids is 1. The average Bonchev–Trinajstić information content (AvgIpc) is 2.27. The van der Waals surface area contributed by atoms with Crippen molar-refractivity contribution in [2.24, 2.45) is 0 Å². The van der Waals surface area contributed by atoms with E-state index in [1.54, 1.807) is 18.2 Å². The second kappa shape index (κ2) is 5.20. The van der Waals surface area contributed by atoms with E-state index in [1.165, 1.54) is 12.4 Å². The molecule has 0 aliphatic rings. The van der Waals surface area contributed by atoms with Crippen molar-refractivity contribution < 1.29 is 4.79 Å². The monoisotopic (exact) mass is 282 g/mol. The maximum Gasteiger partial charge on any atom is 0.275 e. The van der Waals surface area contributed by atoms with Gasteiger partial charge in [-0.15, -0.1) is 0 Å². The van der Waals surface area contributed by atoms with Gasteiger partial charge in [-0.2, -0.15) is 0 Å². The third-order valence-electron chi connectivity index (χ3n) is 2.01. The molecule has 3 N–H and O–H groups in total. The third kappa shape index (κ3) is 3.09. The minimum atomic E-state index is -0.437. The van der Waals surface area contributed by atoms with E-state index < -0.39 is 5.91 Å². The Morgan fingerprint density at radius 2 is 1.83 bits per heavy atom. The van der Waals surface area contributed by atoms with Crippen LogP contribution in [0.25, 0.3) is 0 Å². The summed E-state index contributed by atoms with van der Waals surface area (Å²) >= 11 is 11.6. The number of amides is 1. The van der Waals surface area contributed by atoms with Crippen LogP contribution in [-0.4, -0.2) is 15.9 Å². The Morgan fingerprint density at radius 3 is 2.44 bits per heavy atom. The fraction of sp³-hybridized carbons (Fsp3) is 0. The van der Waals surface area contributed by atoms with Gasteiger partial charge in [0.05, 0.1) is 12.4 Å². The van der Waals surface area contributed by atoms with Crippen LogP contribution in [-0.2, 0) is 0 Å². The van der Waals surface area contributed by atoms with Gasteiger partial charge < -0.3 is 11.1 Å². The molecule has 0 atom stereocenters. The lowest BCUT2D eigenvalue weighted by molar-refractivity contribution is 0.102. The van der Waals surface area contributed by atoms with Crippen molar-refractivity contribution in [2.75, 3.05) is 11.1 Å². The number of hydrogen-bond acceptors (Lipinski definition) is 4. The van der Waals surface area contributed by atoms with Gasteiger partial charge in [0.1, 0.15) is 11.5 Å². The summed E-state index contributed by atoms with van der Waals surface area (Å²) in [4.78, 5) is 19.5. The highest BCUT2D eigenvalue weighted by molar-refractivity contribution is 6.35. The number of carbonyl (C=O) groups is 1. The van der Waals surface area contributed by atoms with E-state index in [9.17, 15) is 4.79 Å². The van der Waals surface area contributed by atoms with E-state index in [0.29, 0.717) is 15.7 Å². The predicted octanol–water partition coefficient (Wildman–Crippen LogP) is 2.62. The minimum absolute atomic E-state index is 0.117. The van der Waals surface area contributed by atoms with Crippen LogP contribution in [0, 0.1) is 0 Å². The number of hydrogen-bond donors (Lipinski definition) is 2. The number of nitrogens with two attached hydrogens (primary N) is 1. The van der Waals surface area contributed by atoms with E-state index in [4.69, 9.17) is 28.9 Å². The first-order chi connectivity index (χ1) is 8.54. The largest absolute Gasteiger partial charge is 0.382 e. The van der Waals surface area contributed by atoms with Crippen molar-refractivity contribution in [1.82, 2.24) is 9.97 Å². The lowest BCUT2D eigenvalue weighted by Crippen LogP contribution is -2.14. The molecule has 0 saturated carbocycles. The van der Waals surface area contributed by atoms with E-state index in [0.717, 1.165) is 0 Å². The number of nitrogen functional groups attached to an aromatic ring is 1. The Morgan fingerprint density at radius 1 is 1.17 bits per heavy atom. The minimum Gasteiger partial charge on any atom is -0.382 e. The molecule has 7 heteroatoms. The molecule has 18 heavy (non-hydrogen) atoms. The van der Waals surface area contributed by atoms with Crippen LogP contribution in [0.4, 0.5) is 11.5 Å². The van der Waals surface area contributed by atoms with Crippen LogP contribution in [0.15, 0.2) is 30.6 Å². The molecule has 0 aliphatic heterocycles. The van der Waals surface area contributed by atoms with E-state index >= 15 is 0 Å². The molecule has 0 aliphatic carbocycles. The average molecular weight is 283 g/mol. The lowest BCUT2D eigenvalue weighted by Gasteiger charge is -2.05. The van der Waals surface area contributed by atoms with Crippen molar-refractivity contribution in [2.45, 2.75) is 0 Å². The number of rotatable bonds is 2. The number of anilines is 2. The van der Waals surface area contributed by atoms with Crippen LogP contribution in [0.1, 0.15) is 10.5 Å². The first kappa shape index (κ1) is 12.6. The highest BCUT2D eigenvalue weighted by Crippen LogP contribution is 2.22. The second-order valence-corrected chi connectivity index (χ2v) is 4.31. The van der Waals surface area contributed by atoms with Crippen molar-refractivity contribution in [3.63, 3.8) is 0 Å². The zero-order chi connectivity index (χ0) is 13.1. The summed E-state index contributed by atoms with van der Waals surface area (Å²) in [6.07, 6.45) is 2.67. The standard InChI is InChI=1S/C11H8Cl2N4O/c12-6-1-7(13)3-8(2-6)16-11(18)9-4-15-5-10(14)17-9/h1-5H,(H2,14,17)(H,16,18). The molecule has 0 unspecified atom stereocenters. The van der Waals surface area contributed by atoms with Gasteiger partial charge in [0.25, 0.3) is 5.91 Å². The van der Waals surface area contributed by atoms with E-state index in [-0.39, 0.29) is 11.5 Å². The quantitative estimate of drug-likeness (QED) is 0.887. The Bertz CT molecular complexity index is 583. The molecule has 2 rings (SSSR count). The molecule has 0 fully saturated rings. The number of aromatic nitrogens is 2. The van der Waals surface area contributed by atoms with Crippen LogP contribution >= 0.6 is 23.2 Å². The normalized spacial score (nSPS) is 10.1. The molecule has 1 heterocycles. The molecule has 2 aromatic rings. The fourth-order valence-corrected chi connectivity index (χ4v) is 1.84. The number of nitrogens with zero attached hydrogens (tertiary/aromatic N) is 2. The fourth-order valence-electron chi connectivity index (χ4n) is 1.31.